The van der Waals surface area contributed by atoms with E-state index < -0.39 is 41.5 Å². The summed E-state index contributed by atoms with van der Waals surface area (Å²) in [6, 6.07) is 15.1. The first-order valence-corrected chi connectivity index (χ1v) is 22.1. The Kier molecular flexibility index (Phi) is 13.9. The van der Waals surface area contributed by atoms with Gasteiger partial charge in [-0.3, -0.25) is 34.2 Å². The number of anilines is 3. The highest BCUT2D eigenvalue weighted by Gasteiger charge is 2.45. The van der Waals surface area contributed by atoms with Gasteiger partial charge in [-0.25, -0.2) is 14.2 Å². The first-order chi connectivity index (χ1) is 32.3. The van der Waals surface area contributed by atoms with Crippen LogP contribution < -0.4 is 26.6 Å². The van der Waals surface area contributed by atoms with E-state index in [1.54, 1.807) is 31.3 Å². The first-order valence-electron chi connectivity index (χ1n) is 21.7. The van der Waals surface area contributed by atoms with Crippen LogP contribution >= 0.6 is 11.6 Å². The van der Waals surface area contributed by atoms with Crippen molar-refractivity contribution in [3.05, 3.63) is 82.6 Å². The van der Waals surface area contributed by atoms with Crippen molar-refractivity contribution < 1.29 is 47.7 Å². The number of piperazine rings is 1. The van der Waals surface area contributed by atoms with Gasteiger partial charge in [-0.1, -0.05) is 41.9 Å². The predicted molar refractivity (Wildman–Crippen MR) is 246 cm³/mol. The van der Waals surface area contributed by atoms with Gasteiger partial charge >= 0.3 is 6.03 Å². The highest BCUT2D eigenvalue weighted by atomic mass is 35.5. The fraction of sp³-hybridized carbons (Fsp3) is 0.348. The molecule has 350 valence electrons. The van der Waals surface area contributed by atoms with Crippen LogP contribution in [0, 0.1) is 5.82 Å². The Hall–Kier alpha value is -7.16. The lowest BCUT2D eigenvalue weighted by Crippen LogP contribution is -2.54. The molecule has 7 amide bonds. The Morgan fingerprint density at radius 2 is 1.66 bits per heavy atom. The van der Waals surface area contributed by atoms with Crippen LogP contribution in [-0.4, -0.2) is 151 Å². The molecule has 3 aliphatic heterocycles. The molecule has 3 aliphatic rings. The first kappa shape index (κ1) is 46.4. The number of fused-ring (bicyclic) bond motifs is 3. The summed E-state index contributed by atoms with van der Waals surface area (Å²) in [4.78, 5) is 90.5. The maximum Gasteiger partial charge on any atom is 0.314 e. The molecular weight excluding hydrogens is 891 g/mol. The largest absolute Gasteiger partial charge is 0.508 e. The number of rotatable bonds is 17. The van der Waals surface area contributed by atoms with Crippen LogP contribution in [-0.2, 0) is 23.9 Å². The van der Waals surface area contributed by atoms with Gasteiger partial charge in [0.25, 0.3) is 11.8 Å². The third kappa shape index (κ3) is 9.86. The molecule has 0 saturated carbocycles. The number of likely N-dealkylation sites (N-methyl/N-ethyl adjacent to an activating group) is 1. The zero-order chi connectivity index (χ0) is 47.4. The van der Waals surface area contributed by atoms with E-state index in [4.69, 9.17) is 31.8 Å². The third-order valence-electron chi connectivity index (χ3n) is 11.9. The molecule has 67 heavy (non-hydrogen) atoms. The van der Waals surface area contributed by atoms with E-state index in [9.17, 15) is 33.9 Å². The number of aromatic nitrogens is 2. The maximum atomic E-state index is 16.9. The van der Waals surface area contributed by atoms with E-state index in [1.165, 1.54) is 21.9 Å². The van der Waals surface area contributed by atoms with Gasteiger partial charge in [0.2, 0.25) is 23.7 Å². The number of halogens is 2. The monoisotopic (exact) mass is 938 g/mol. The Morgan fingerprint density at radius 1 is 0.896 bits per heavy atom. The molecule has 0 aliphatic carbocycles. The summed E-state index contributed by atoms with van der Waals surface area (Å²) in [6.07, 6.45) is 0.156. The lowest BCUT2D eigenvalue weighted by molar-refractivity contribution is -0.136. The number of amides is 7. The van der Waals surface area contributed by atoms with Crippen molar-refractivity contribution in [1.29, 1.82) is 0 Å². The summed E-state index contributed by atoms with van der Waals surface area (Å²) in [5, 5.41) is 20.8. The molecule has 19 nitrogen and oxygen atoms in total. The van der Waals surface area contributed by atoms with Crippen LogP contribution in [0.25, 0.3) is 32.8 Å². The van der Waals surface area contributed by atoms with E-state index in [0.717, 1.165) is 4.90 Å². The van der Waals surface area contributed by atoms with Gasteiger partial charge in [0, 0.05) is 82.3 Å². The van der Waals surface area contributed by atoms with Gasteiger partial charge in [-0.05, 0) is 53.1 Å². The van der Waals surface area contributed by atoms with Crippen LogP contribution in [0.5, 0.6) is 5.75 Å². The number of imide groups is 2. The van der Waals surface area contributed by atoms with Gasteiger partial charge in [0.1, 0.15) is 23.1 Å². The molecule has 21 heteroatoms. The SMILES string of the molecule is CN(CCOCCOCCNc1cccc2c1C(=O)N(C1CCC(=O)NC1=O)C2=O)C(=O)CCNc1nc(N2CCN(C(N)=O)CC2)c2cc(Cl)c(-c3cc(O)cc4ccccc34)c(F)c2n1. The topological polar surface area (TPSA) is 242 Å². The summed E-state index contributed by atoms with van der Waals surface area (Å²) in [6.45, 7) is 3.10. The van der Waals surface area contributed by atoms with Gasteiger partial charge in [0.05, 0.1) is 42.6 Å². The van der Waals surface area contributed by atoms with Crippen LogP contribution in [0.1, 0.15) is 40.0 Å². The number of nitrogens with zero attached hydrogens (tertiary/aromatic N) is 6. The summed E-state index contributed by atoms with van der Waals surface area (Å²) in [5.74, 6) is -2.81. The fourth-order valence-corrected chi connectivity index (χ4v) is 8.72. The molecule has 5 aromatic rings. The highest BCUT2D eigenvalue weighted by molar-refractivity contribution is 6.35. The van der Waals surface area contributed by atoms with Crippen LogP contribution in [0.4, 0.5) is 26.6 Å². The molecule has 1 aromatic heterocycles. The molecule has 2 saturated heterocycles. The lowest BCUT2D eigenvalue weighted by Gasteiger charge is -2.35. The molecule has 2 fully saturated rings. The zero-order valence-corrected chi connectivity index (χ0v) is 37.2. The summed E-state index contributed by atoms with van der Waals surface area (Å²) < 4.78 is 28.2. The highest BCUT2D eigenvalue weighted by Crippen LogP contribution is 2.42. The van der Waals surface area contributed by atoms with Crippen molar-refractivity contribution in [2.24, 2.45) is 5.73 Å². The van der Waals surface area contributed by atoms with E-state index in [-0.39, 0.29) is 97.1 Å². The number of primary amides is 1. The van der Waals surface area contributed by atoms with Crippen molar-refractivity contribution in [3.63, 3.8) is 0 Å². The number of benzene rings is 4. The molecule has 4 aromatic carbocycles. The number of piperidine rings is 1. The minimum absolute atomic E-state index is 0.0221. The van der Waals surface area contributed by atoms with Crippen molar-refractivity contribution >= 4 is 86.3 Å². The normalized spacial score (nSPS) is 16.2. The number of nitrogens with one attached hydrogen (secondary N) is 3. The van der Waals surface area contributed by atoms with Crippen molar-refractivity contribution in [1.82, 2.24) is 30.0 Å². The second-order valence-corrected chi connectivity index (χ2v) is 16.6. The van der Waals surface area contributed by atoms with Crippen molar-refractivity contribution in [2.45, 2.75) is 25.3 Å². The fourth-order valence-electron chi connectivity index (χ4n) is 8.43. The van der Waals surface area contributed by atoms with E-state index in [0.29, 0.717) is 72.5 Å². The Bertz CT molecular complexity index is 2790. The van der Waals surface area contributed by atoms with Crippen molar-refractivity contribution in [2.75, 3.05) is 94.8 Å². The molecule has 1 atom stereocenters. The number of ether oxygens (including phenoxy) is 2. The van der Waals surface area contributed by atoms with Gasteiger partial charge in [0.15, 0.2) is 5.82 Å². The second-order valence-electron chi connectivity index (χ2n) is 16.2. The van der Waals surface area contributed by atoms with E-state index in [2.05, 4.69) is 20.9 Å². The molecule has 8 rings (SSSR count). The number of hydrogen-bond acceptors (Lipinski definition) is 14. The number of hydrogen-bond donors (Lipinski definition) is 5. The number of nitrogens with two attached hydrogens (primary N) is 1. The number of phenolic OH excluding ortho intramolecular Hbond substituents is 1. The molecule has 0 radical (unpaired) electrons. The zero-order valence-electron chi connectivity index (χ0n) is 36.5. The van der Waals surface area contributed by atoms with Crippen LogP contribution in [0.2, 0.25) is 5.02 Å². The summed E-state index contributed by atoms with van der Waals surface area (Å²) >= 11 is 6.83. The number of aromatic hydroxyl groups is 1. The van der Waals surface area contributed by atoms with E-state index >= 15 is 4.39 Å². The average molecular weight is 939 g/mol. The lowest BCUT2D eigenvalue weighted by atomic mass is 9.96. The number of carbonyl (C=O) groups is 6. The summed E-state index contributed by atoms with van der Waals surface area (Å²) in [7, 11) is 1.65. The van der Waals surface area contributed by atoms with Gasteiger partial charge in [-0.2, -0.15) is 4.98 Å². The standard InChI is InChI=1S/C46H48ClFN10O9/c1-55(18-20-67-22-21-66-19-13-50-33-8-4-7-29-38(33)44(64)58(43(29)63)34-9-10-35(60)52-42(34)62)36(61)11-12-51-46-53-40-31(41(54-46)56-14-16-57(17-15-56)45(49)65)25-32(47)37(39(40)48)30-24-27(59)23-26-5-2-3-6-28(26)30/h2-8,23-25,34,50,59H,9-22H2,1H3,(H2,49,65)(H,51,53,54)(H,52,60,62). The van der Waals surface area contributed by atoms with Crippen molar-refractivity contribution in [3.8, 4) is 16.9 Å². The second kappa shape index (κ2) is 20.1. The minimum atomic E-state index is -1.06. The molecule has 1 unspecified atom stereocenters. The van der Waals surface area contributed by atoms with Gasteiger partial charge < -0.3 is 45.6 Å². The van der Waals surface area contributed by atoms with E-state index in [1.807, 2.05) is 29.2 Å². The molecule has 0 bridgehead atoms. The van der Waals surface area contributed by atoms with Crippen LogP contribution in [0.3, 0.4) is 0 Å². The maximum absolute atomic E-state index is 16.9. The molecule has 4 heterocycles. The van der Waals surface area contributed by atoms with Crippen LogP contribution in [0.15, 0.2) is 60.7 Å². The Balaban J connectivity index is 0.819. The third-order valence-corrected chi connectivity index (χ3v) is 12.2. The number of phenols is 1. The molecular formula is C46H48ClFN10O9. The smallest absolute Gasteiger partial charge is 0.314 e. The summed E-state index contributed by atoms with van der Waals surface area (Å²) in [5.41, 5.74) is 6.71. The quantitative estimate of drug-likeness (QED) is 0.0656. The van der Waals surface area contributed by atoms with Gasteiger partial charge in [-0.15, -0.1) is 0 Å². The Labute approximate surface area is 388 Å². The molecule has 6 N–H and O–H groups in total. The Morgan fingerprint density at radius 3 is 2.42 bits per heavy atom. The molecule has 0 spiro atoms. The minimum Gasteiger partial charge on any atom is -0.508 e. The predicted octanol–water partition coefficient (Wildman–Crippen LogP) is 3.96. The number of carbonyl (C=O) groups excluding carboxylic acids is 6. The average Bonchev–Trinajstić information content (AvgIpc) is 3.56. The number of urea groups is 1.